The number of hydrogen-bond acceptors (Lipinski definition) is 3. The van der Waals surface area contributed by atoms with Crippen LogP contribution in [-0.2, 0) is 24.2 Å². The summed E-state index contributed by atoms with van der Waals surface area (Å²) in [5.41, 5.74) is 6.82. The van der Waals surface area contributed by atoms with Gasteiger partial charge in [-0.1, -0.05) is 78.9 Å². The van der Waals surface area contributed by atoms with Crippen molar-refractivity contribution in [2.75, 3.05) is 32.8 Å². The predicted molar refractivity (Wildman–Crippen MR) is 137 cm³/mol. The van der Waals surface area contributed by atoms with Gasteiger partial charge in [0.15, 0.2) is 0 Å². The van der Waals surface area contributed by atoms with Gasteiger partial charge in [-0.05, 0) is 40.7 Å². The Morgan fingerprint density at radius 3 is 1.91 bits per heavy atom. The maximum atomic E-state index is 6.37. The number of benzene rings is 3. The first-order valence-electron chi connectivity index (χ1n) is 11.1. The summed E-state index contributed by atoms with van der Waals surface area (Å²) in [7, 11) is 0. The number of ether oxygens (including phenoxy) is 1. The molecule has 1 N–H and O–H groups in total. The van der Waals surface area contributed by atoms with E-state index in [1.165, 1.54) is 27.8 Å². The molecule has 5 rings (SSSR count). The SMILES string of the molecule is Cl.Cl.c1ccc(-c2ccc(COCC3(N4CCNCC4)Cc4ccccc4C3)cc2)cc1. The van der Waals surface area contributed by atoms with E-state index in [-0.39, 0.29) is 30.4 Å². The average Bonchev–Trinajstić information content (AvgIpc) is 3.20. The minimum atomic E-state index is 0. The monoisotopic (exact) mass is 470 g/mol. The van der Waals surface area contributed by atoms with Crippen LogP contribution in [-0.4, -0.2) is 43.2 Å². The molecule has 5 heteroatoms. The van der Waals surface area contributed by atoms with Gasteiger partial charge in [0.25, 0.3) is 0 Å². The fraction of sp³-hybridized carbons (Fsp3) is 0.333. The molecule has 2 aliphatic rings. The molecule has 3 aromatic carbocycles. The smallest absolute Gasteiger partial charge is 0.0717 e. The molecule has 3 nitrogen and oxygen atoms in total. The zero-order chi connectivity index (χ0) is 20.2. The van der Waals surface area contributed by atoms with E-state index in [1.54, 1.807) is 0 Å². The van der Waals surface area contributed by atoms with Crippen molar-refractivity contribution in [2.45, 2.75) is 25.0 Å². The fourth-order valence-electron chi connectivity index (χ4n) is 5.01. The van der Waals surface area contributed by atoms with Gasteiger partial charge in [-0.2, -0.15) is 0 Å². The summed E-state index contributed by atoms with van der Waals surface area (Å²) in [6, 6.07) is 28.3. The maximum Gasteiger partial charge on any atom is 0.0717 e. The molecule has 0 radical (unpaired) electrons. The summed E-state index contributed by atoms with van der Waals surface area (Å²) in [5, 5.41) is 3.49. The van der Waals surface area contributed by atoms with Crippen molar-refractivity contribution in [3.8, 4) is 11.1 Å². The molecule has 32 heavy (non-hydrogen) atoms. The number of hydrogen-bond donors (Lipinski definition) is 1. The first-order valence-corrected chi connectivity index (χ1v) is 11.1. The summed E-state index contributed by atoms with van der Waals surface area (Å²) in [5.74, 6) is 0. The van der Waals surface area contributed by atoms with E-state index in [0.717, 1.165) is 45.6 Å². The van der Waals surface area contributed by atoms with Crippen LogP contribution < -0.4 is 5.32 Å². The van der Waals surface area contributed by atoms with Gasteiger partial charge >= 0.3 is 0 Å². The minimum Gasteiger partial charge on any atom is -0.375 e. The minimum absolute atomic E-state index is 0. The normalized spacial score (nSPS) is 17.1. The third-order valence-electron chi connectivity index (χ3n) is 6.65. The lowest BCUT2D eigenvalue weighted by atomic mass is 9.93. The van der Waals surface area contributed by atoms with Crippen molar-refractivity contribution >= 4 is 24.8 Å². The highest BCUT2D eigenvalue weighted by atomic mass is 35.5. The highest BCUT2D eigenvalue weighted by Gasteiger charge is 2.42. The molecular formula is C27H32Cl2N2O. The Kier molecular flexibility index (Phi) is 8.75. The topological polar surface area (TPSA) is 24.5 Å². The number of halogens is 2. The lowest BCUT2D eigenvalue weighted by Crippen LogP contribution is -2.59. The van der Waals surface area contributed by atoms with Crippen molar-refractivity contribution < 1.29 is 4.74 Å². The maximum absolute atomic E-state index is 6.37. The van der Waals surface area contributed by atoms with Gasteiger partial charge in [0.1, 0.15) is 0 Å². The van der Waals surface area contributed by atoms with Gasteiger partial charge in [-0.3, -0.25) is 4.90 Å². The molecule has 0 unspecified atom stereocenters. The molecule has 1 fully saturated rings. The highest BCUT2D eigenvalue weighted by molar-refractivity contribution is 5.85. The van der Waals surface area contributed by atoms with Gasteiger partial charge in [0.2, 0.25) is 0 Å². The van der Waals surface area contributed by atoms with Crippen molar-refractivity contribution in [2.24, 2.45) is 0 Å². The van der Waals surface area contributed by atoms with Crippen LogP contribution in [0.1, 0.15) is 16.7 Å². The van der Waals surface area contributed by atoms with Gasteiger partial charge in [0, 0.05) is 26.2 Å². The Morgan fingerprint density at radius 1 is 0.719 bits per heavy atom. The molecule has 170 valence electrons. The van der Waals surface area contributed by atoms with Gasteiger partial charge in [-0.15, -0.1) is 24.8 Å². The molecular weight excluding hydrogens is 439 g/mol. The van der Waals surface area contributed by atoms with Crippen molar-refractivity contribution in [3.63, 3.8) is 0 Å². The number of rotatable bonds is 6. The van der Waals surface area contributed by atoms with Crippen molar-refractivity contribution in [3.05, 3.63) is 95.6 Å². The molecule has 1 heterocycles. The fourth-order valence-corrected chi connectivity index (χ4v) is 5.01. The second kappa shape index (κ2) is 11.3. The third-order valence-corrected chi connectivity index (χ3v) is 6.65. The van der Waals surface area contributed by atoms with Crippen LogP contribution in [0.3, 0.4) is 0 Å². The van der Waals surface area contributed by atoms with Crippen LogP contribution in [0.4, 0.5) is 0 Å². The van der Waals surface area contributed by atoms with E-state index >= 15 is 0 Å². The molecule has 0 bridgehead atoms. The Labute approximate surface area is 204 Å². The van der Waals surface area contributed by atoms with E-state index in [0.29, 0.717) is 6.61 Å². The quantitative estimate of drug-likeness (QED) is 0.538. The van der Waals surface area contributed by atoms with E-state index in [1.807, 2.05) is 0 Å². The molecule has 0 spiro atoms. The molecule has 3 aromatic rings. The molecule has 0 saturated carbocycles. The van der Waals surface area contributed by atoms with Crippen LogP contribution >= 0.6 is 24.8 Å². The summed E-state index contributed by atoms with van der Waals surface area (Å²) in [6.07, 6.45) is 2.19. The largest absolute Gasteiger partial charge is 0.375 e. The summed E-state index contributed by atoms with van der Waals surface area (Å²) >= 11 is 0. The Balaban J connectivity index is 0.00000144. The molecule has 1 aliphatic carbocycles. The number of nitrogens with zero attached hydrogens (tertiary/aromatic N) is 1. The van der Waals surface area contributed by atoms with Crippen LogP contribution in [0.5, 0.6) is 0 Å². The zero-order valence-electron chi connectivity index (χ0n) is 18.3. The highest BCUT2D eigenvalue weighted by Crippen LogP contribution is 2.35. The standard InChI is InChI=1S/C27H30N2O.2ClH/c1-2-6-23(7-3-1)24-12-10-22(11-13-24)20-30-21-27(29-16-14-28-15-17-29)18-25-8-4-5-9-26(25)19-27;;/h1-13,28H,14-21H2;2*1H. The van der Waals surface area contributed by atoms with E-state index in [4.69, 9.17) is 4.74 Å². The van der Waals surface area contributed by atoms with Gasteiger partial charge in [-0.25, -0.2) is 0 Å². The first kappa shape index (κ1) is 24.8. The first-order chi connectivity index (χ1) is 14.8. The van der Waals surface area contributed by atoms with E-state index in [2.05, 4.69) is 89.1 Å². The van der Waals surface area contributed by atoms with E-state index in [9.17, 15) is 0 Å². The van der Waals surface area contributed by atoms with Crippen LogP contribution in [0.25, 0.3) is 11.1 Å². The van der Waals surface area contributed by atoms with Gasteiger partial charge < -0.3 is 10.1 Å². The number of fused-ring (bicyclic) bond motifs is 1. The Bertz CT molecular complexity index is 947. The molecule has 0 amide bonds. The van der Waals surface area contributed by atoms with Crippen LogP contribution in [0, 0.1) is 0 Å². The van der Waals surface area contributed by atoms with Crippen LogP contribution in [0.15, 0.2) is 78.9 Å². The van der Waals surface area contributed by atoms with E-state index < -0.39 is 0 Å². The summed E-state index contributed by atoms with van der Waals surface area (Å²) < 4.78 is 6.37. The van der Waals surface area contributed by atoms with Crippen molar-refractivity contribution in [1.82, 2.24) is 10.2 Å². The third kappa shape index (κ3) is 5.36. The summed E-state index contributed by atoms with van der Waals surface area (Å²) in [6.45, 7) is 5.78. The van der Waals surface area contributed by atoms with Crippen LogP contribution in [0.2, 0.25) is 0 Å². The second-order valence-corrected chi connectivity index (χ2v) is 8.64. The van der Waals surface area contributed by atoms with Gasteiger partial charge in [0.05, 0.1) is 18.8 Å². The molecule has 1 saturated heterocycles. The number of nitrogens with one attached hydrogen (secondary N) is 1. The lowest BCUT2D eigenvalue weighted by Gasteiger charge is -2.43. The Morgan fingerprint density at radius 2 is 1.28 bits per heavy atom. The zero-order valence-corrected chi connectivity index (χ0v) is 20.0. The second-order valence-electron chi connectivity index (χ2n) is 8.64. The Hall–Kier alpha value is -1.88. The molecule has 0 aromatic heterocycles. The molecule has 0 atom stereocenters. The lowest BCUT2D eigenvalue weighted by molar-refractivity contribution is -0.0158. The molecule has 1 aliphatic heterocycles. The number of piperazine rings is 1. The average molecular weight is 471 g/mol. The predicted octanol–water partition coefficient (Wildman–Crippen LogP) is 5.16. The van der Waals surface area contributed by atoms with Crippen molar-refractivity contribution in [1.29, 1.82) is 0 Å². The summed E-state index contributed by atoms with van der Waals surface area (Å²) in [4.78, 5) is 2.67.